The van der Waals surface area contributed by atoms with Crippen LogP contribution < -0.4 is 0 Å². The maximum atomic E-state index is 11.5. The first-order valence-electron chi connectivity index (χ1n) is 4.60. The molecule has 4 heteroatoms. The molecule has 0 saturated heterocycles. The number of hydrogen-bond acceptors (Lipinski definition) is 4. The molecule has 4 nitrogen and oxygen atoms in total. The predicted molar refractivity (Wildman–Crippen MR) is 52.6 cm³/mol. The van der Waals surface area contributed by atoms with E-state index >= 15 is 0 Å². The van der Waals surface area contributed by atoms with Gasteiger partial charge in [-0.2, -0.15) is 0 Å². The SMILES string of the molecule is C=CC(C)(CC(O)CO)C(=O)OCC. The van der Waals surface area contributed by atoms with Crippen molar-refractivity contribution in [3.8, 4) is 0 Å². The third kappa shape index (κ3) is 3.47. The fourth-order valence-electron chi connectivity index (χ4n) is 1.10. The Hall–Kier alpha value is -0.870. The topological polar surface area (TPSA) is 66.8 Å². The van der Waals surface area contributed by atoms with E-state index in [1.807, 2.05) is 0 Å². The van der Waals surface area contributed by atoms with Crippen molar-refractivity contribution in [1.29, 1.82) is 0 Å². The van der Waals surface area contributed by atoms with Crippen molar-refractivity contribution in [2.75, 3.05) is 13.2 Å². The highest BCUT2D eigenvalue weighted by atomic mass is 16.5. The number of esters is 1. The van der Waals surface area contributed by atoms with Gasteiger partial charge in [-0.1, -0.05) is 6.08 Å². The van der Waals surface area contributed by atoms with E-state index in [4.69, 9.17) is 9.84 Å². The van der Waals surface area contributed by atoms with Gasteiger partial charge in [-0.3, -0.25) is 4.79 Å². The molecule has 0 aromatic rings. The van der Waals surface area contributed by atoms with E-state index in [0.29, 0.717) is 0 Å². The number of hydrogen-bond donors (Lipinski definition) is 2. The molecule has 0 aliphatic carbocycles. The molecule has 2 unspecified atom stereocenters. The minimum Gasteiger partial charge on any atom is -0.465 e. The zero-order chi connectivity index (χ0) is 11.2. The number of aliphatic hydroxyl groups excluding tert-OH is 2. The molecule has 14 heavy (non-hydrogen) atoms. The van der Waals surface area contributed by atoms with E-state index < -0.39 is 17.5 Å². The molecule has 0 aliphatic rings. The highest BCUT2D eigenvalue weighted by molar-refractivity contribution is 5.78. The van der Waals surface area contributed by atoms with Crippen LogP contribution in [-0.2, 0) is 9.53 Å². The van der Waals surface area contributed by atoms with E-state index in [-0.39, 0.29) is 19.6 Å². The van der Waals surface area contributed by atoms with Gasteiger partial charge in [0.05, 0.1) is 24.7 Å². The number of carbonyl (C=O) groups is 1. The van der Waals surface area contributed by atoms with E-state index in [1.165, 1.54) is 6.08 Å². The van der Waals surface area contributed by atoms with Crippen molar-refractivity contribution >= 4 is 5.97 Å². The average Bonchev–Trinajstić information content (AvgIpc) is 2.17. The number of aliphatic hydroxyl groups is 2. The third-order valence-corrected chi connectivity index (χ3v) is 2.06. The van der Waals surface area contributed by atoms with Crippen LogP contribution in [0.2, 0.25) is 0 Å². The van der Waals surface area contributed by atoms with Crippen molar-refractivity contribution in [1.82, 2.24) is 0 Å². The lowest BCUT2D eigenvalue weighted by Gasteiger charge is -2.25. The van der Waals surface area contributed by atoms with Gasteiger partial charge in [0, 0.05) is 0 Å². The summed E-state index contributed by atoms with van der Waals surface area (Å²) in [5, 5.41) is 17.9. The molecule has 0 aromatic carbocycles. The molecular weight excluding hydrogens is 184 g/mol. The molecule has 0 aromatic heterocycles. The third-order valence-electron chi connectivity index (χ3n) is 2.06. The Balaban J connectivity index is 4.45. The van der Waals surface area contributed by atoms with Crippen LogP contribution >= 0.6 is 0 Å². The van der Waals surface area contributed by atoms with Gasteiger partial charge >= 0.3 is 5.97 Å². The van der Waals surface area contributed by atoms with Gasteiger partial charge in [-0.15, -0.1) is 6.58 Å². The fraction of sp³-hybridized carbons (Fsp3) is 0.700. The second-order valence-corrected chi connectivity index (χ2v) is 3.38. The summed E-state index contributed by atoms with van der Waals surface area (Å²) in [7, 11) is 0. The molecule has 0 rings (SSSR count). The van der Waals surface area contributed by atoms with Gasteiger partial charge in [0.25, 0.3) is 0 Å². The van der Waals surface area contributed by atoms with Crippen LogP contribution in [0.1, 0.15) is 20.3 Å². The van der Waals surface area contributed by atoms with Gasteiger partial charge in [0.1, 0.15) is 0 Å². The lowest BCUT2D eigenvalue weighted by Crippen LogP contribution is -2.33. The molecule has 82 valence electrons. The molecule has 0 radical (unpaired) electrons. The molecular formula is C10H18O4. The lowest BCUT2D eigenvalue weighted by atomic mass is 9.85. The minimum atomic E-state index is -0.932. The summed E-state index contributed by atoms with van der Waals surface area (Å²) in [6, 6.07) is 0. The van der Waals surface area contributed by atoms with E-state index in [1.54, 1.807) is 13.8 Å². The molecule has 0 saturated carbocycles. The zero-order valence-corrected chi connectivity index (χ0v) is 8.69. The first kappa shape index (κ1) is 13.1. The monoisotopic (exact) mass is 202 g/mol. The van der Waals surface area contributed by atoms with Crippen molar-refractivity contribution < 1.29 is 19.7 Å². The molecule has 0 bridgehead atoms. The predicted octanol–water partition coefficient (Wildman–Crippen LogP) is 0.485. The minimum absolute atomic E-state index is 0.117. The quantitative estimate of drug-likeness (QED) is 0.486. The van der Waals surface area contributed by atoms with Crippen LogP contribution in [0.4, 0.5) is 0 Å². The standard InChI is InChI=1S/C10H18O4/c1-4-10(3,6-8(12)7-11)9(13)14-5-2/h4,8,11-12H,1,5-7H2,2-3H3. The Kier molecular flexibility index (Phi) is 5.42. The molecule has 0 aliphatic heterocycles. The molecule has 0 fully saturated rings. The van der Waals surface area contributed by atoms with Crippen molar-refractivity contribution in [3.63, 3.8) is 0 Å². The summed E-state index contributed by atoms with van der Waals surface area (Å²) in [5.41, 5.74) is -0.932. The van der Waals surface area contributed by atoms with Crippen LogP contribution in [0, 0.1) is 5.41 Å². The maximum absolute atomic E-state index is 11.5. The second-order valence-electron chi connectivity index (χ2n) is 3.38. The van der Waals surface area contributed by atoms with Gasteiger partial charge < -0.3 is 14.9 Å². The zero-order valence-electron chi connectivity index (χ0n) is 8.69. The summed E-state index contributed by atoms with van der Waals surface area (Å²) in [6.45, 7) is 6.78. The van der Waals surface area contributed by atoms with Gasteiger partial charge in [0.2, 0.25) is 0 Å². The van der Waals surface area contributed by atoms with Crippen LogP contribution in [0.3, 0.4) is 0 Å². The van der Waals surface area contributed by atoms with Crippen LogP contribution in [0.25, 0.3) is 0 Å². The Morgan fingerprint density at radius 2 is 2.29 bits per heavy atom. The Labute approximate surface area is 84.2 Å². The summed E-state index contributed by atoms with van der Waals surface area (Å²) in [4.78, 5) is 11.5. The van der Waals surface area contributed by atoms with E-state index in [9.17, 15) is 9.90 Å². The smallest absolute Gasteiger partial charge is 0.315 e. The Bertz CT molecular complexity index is 202. The van der Waals surface area contributed by atoms with Gasteiger partial charge in [-0.25, -0.2) is 0 Å². The summed E-state index contributed by atoms with van der Waals surface area (Å²) >= 11 is 0. The molecule has 0 spiro atoms. The number of rotatable bonds is 6. The lowest BCUT2D eigenvalue weighted by molar-refractivity contribution is -0.153. The van der Waals surface area contributed by atoms with Crippen LogP contribution in [-0.4, -0.2) is 35.5 Å². The summed E-state index contributed by atoms with van der Waals surface area (Å²) in [5.74, 6) is -0.428. The first-order chi connectivity index (χ1) is 6.50. The van der Waals surface area contributed by atoms with Crippen molar-refractivity contribution in [3.05, 3.63) is 12.7 Å². The van der Waals surface area contributed by atoms with Crippen molar-refractivity contribution in [2.24, 2.45) is 5.41 Å². The van der Waals surface area contributed by atoms with Gasteiger partial charge in [0.15, 0.2) is 0 Å². The molecule has 2 atom stereocenters. The Morgan fingerprint density at radius 3 is 2.64 bits per heavy atom. The highest BCUT2D eigenvalue weighted by Gasteiger charge is 2.33. The normalized spacial score (nSPS) is 16.9. The molecule has 0 amide bonds. The average molecular weight is 202 g/mol. The Morgan fingerprint density at radius 1 is 1.71 bits per heavy atom. The van der Waals surface area contributed by atoms with Gasteiger partial charge in [-0.05, 0) is 20.3 Å². The highest BCUT2D eigenvalue weighted by Crippen LogP contribution is 2.26. The fourth-order valence-corrected chi connectivity index (χ4v) is 1.10. The number of carbonyl (C=O) groups excluding carboxylic acids is 1. The first-order valence-corrected chi connectivity index (χ1v) is 4.60. The van der Waals surface area contributed by atoms with Crippen molar-refractivity contribution in [2.45, 2.75) is 26.4 Å². The largest absolute Gasteiger partial charge is 0.465 e. The van der Waals surface area contributed by atoms with E-state index in [2.05, 4.69) is 6.58 Å². The van der Waals surface area contributed by atoms with Crippen LogP contribution in [0.15, 0.2) is 12.7 Å². The van der Waals surface area contributed by atoms with E-state index in [0.717, 1.165) is 0 Å². The second kappa shape index (κ2) is 5.78. The van der Waals surface area contributed by atoms with Crippen LogP contribution in [0.5, 0.6) is 0 Å². The maximum Gasteiger partial charge on any atom is 0.315 e. The summed E-state index contributed by atoms with van der Waals surface area (Å²) in [6.07, 6.45) is 0.623. The number of ether oxygens (including phenoxy) is 1. The molecule has 0 heterocycles. The molecule has 2 N–H and O–H groups in total. The summed E-state index contributed by atoms with van der Waals surface area (Å²) < 4.78 is 4.84.